The van der Waals surface area contributed by atoms with Gasteiger partial charge in [-0.15, -0.1) is 0 Å². The van der Waals surface area contributed by atoms with E-state index in [0.29, 0.717) is 6.54 Å². The van der Waals surface area contributed by atoms with E-state index in [1.807, 2.05) is 6.07 Å². The van der Waals surface area contributed by atoms with E-state index in [1.165, 1.54) is 33.7 Å². The summed E-state index contributed by atoms with van der Waals surface area (Å²) in [5.41, 5.74) is 8.86. The van der Waals surface area contributed by atoms with Gasteiger partial charge in [-0.05, 0) is 66.1 Å². The lowest BCUT2D eigenvalue weighted by Crippen LogP contribution is -2.32. The molecule has 4 rings (SSSR count). The molecule has 0 saturated heterocycles. The molecule has 1 amide bonds. The van der Waals surface area contributed by atoms with Gasteiger partial charge in [-0.25, -0.2) is 5.48 Å². The van der Waals surface area contributed by atoms with Crippen LogP contribution in [0, 0.1) is 6.92 Å². The maximum absolute atomic E-state index is 11.3. The molecule has 6 heteroatoms. The third-order valence-corrected chi connectivity index (χ3v) is 6.22. The molecule has 1 unspecified atom stereocenters. The maximum atomic E-state index is 11.3. The second-order valence-electron chi connectivity index (χ2n) is 8.14. The van der Waals surface area contributed by atoms with Gasteiger partial charge in [-0.1, -0.05) is 30.3 Å². The first-order chi connectivity index (χ1) is 15.1. The highest BCUT2D eigenvalue weighted by molar-refractivity contribution is 5.90. The minimum atomic E-state index is -0.539. The molecular weight excluding hydrogens is 390 g/mol. The predicted molar refractivity (Wildman–Crippen MR) is 122 cm³/mol. The van der Waals surface area contributed by atoms with Gasteiger partial charge in [0, 0.05) is 42.3 Å². The van der Waals surface area contributed by atoms with Gasteiger partial charge in [-0.2, -0.15) is 0 Å². The van der Waals surface area contributed by atoms with Crippen LogP contribution in [0.15, 0.2) is 48.7 Å². The average molecular weight is 420 g/mol. The zero-order valence-electron chi connectivity index (χ0n) is 17.8. The summed E-state index contributed by atoms with van der Waals surface area (Å²) in [5, 5.41) is 19.6. The van der Waals surface area contributed by atoms with Gasteiger partial charge in [0.05, 0.1) is 6.61 Å². The molecule has 0 aliphatic heterocycles. The Morgan fingerprint density at radius 3 is 2.94 bits per heavy atom. The summed E-state index contributed by atoms with van der Waals surface area (Å²) in [6.07, 6.45) is 8.06. The van der Waals surface area contributed by atoms with Crippen molar-refractivity contribution >= 4 is 22.9 Å². The minimum absolute atomic E-state index is 0.135. The highest BCUT2D eigenvalue weighted by Crippen LogP contribution is 2.39. The Morgan fingerprint density at radius 2 is 2.13 bits per heavy atom. The van der Waals surface area contributed by atoms with Crippen LogP contribution in [0.2, 0.25) is 0 Å². The van der Waals surface area contributed by atoms with Crippen LogP contribution in [0.1, 0.15) is 40.3 Å². The predicted octanol–water partition coefficient (Wildman–Crippen LogP) is 3.52. The van der Waals surface area contributed by atoms with Crippen molar-refractivity contribution < 1.29 is 15.1 Å². The zero-order valence-corrected chi connectivity index (χ0v) is 17.8. The quantitative estimate of drug-likeness (QED) is 0.256. The van der Waals surface area contributed by atoms with E-state index in [4.69, 9.17) is 5.21 Å². The lowest BCUT2D eigenvalue weighted by atomic mass is 9.97. The number of hydrogen-bond donors (Lipinski definition) is 4. The van der Waals surface area contributed by atoms with Gasteiger partial charge < -0.3 is 10.1 Å². The summed E-state index contributed by atoms with van der Waals surface area (Å²) in [7, 11) is 0. The summed E-state index contributed by atoms with van der Waals surface area (Å²) in [6.45, 7) is 3.77. The molecule has 6 nitrogen and oxygen atoms in total. The molecule has 0 radical (unpaired) electrons. The zero-order chi connectivity index (χ0) is 21.8. The van der Waals surface area contributed by atoms with Crippen LogP contribution in [-0.4, -0.2) is 45.8 Å². The maximum Gasteiger partial charge on any atom is 0.267 e. The fourth-order valence-electron chi connectivity index (χ4n) is 4.85. The summed E-state index contributed by atoms with van der Waals surface area (Å²) in [4.78, 5) is 17.0. The van der Waals surface area contributed by atoms with Gasteiger partial charge in [0.1, 0.15) is 0 Å². The van der Waals surface area contributed by atoms with Crippen molar-refractivity contribution in [3.63, 3.8) is 0 Å². The van der Waals surface area contributed by atoms with E-state index in [0.717, 1.165) is 36.9 Å². The number of aromatic amines is 1. The van der Waals surface area contributed by atoms with Crippen molar-refractivity contribution in [1.82, 2.24) is 15.4 Å². The minimum Gasteiger partial charge on any atom is -0.395 e. The number of carbonyl (C=O) groups excluding carboxylic acids is 1. The van der Waals surface area contributed by atoms with Crippen LogP contribution in [0.3, 0.4) is 0 Å². The molecule has 162 valence electrons. The van der Waals surface area contributed by atoms with Crippen LogP contribution in [0.5, 0.6) is 0 Å². The number of benzene rings is 2. The fourth-order valence-corrected chi connectivity index (χ4v) is 4.85. The monoisotopic (exact) mass is 419 g/mol. The molecule has 3 aromatic rings. The molecule has 0 bridgehead atoms. The van der Waals surface area contributed by atoms with Gasteiger partial charge in [0.25, 0.3) is 5.91 Å². The van der Waals surface area contributed by atoms with E-state index in [1.54, 1.807) is 11.6 Å². The van der Waals surface area contributed by atoms with Gasteiger partial charge in [0.15, 0.2) is 0 Å². The van der Waals surface area contributed by atoms with Crippen molar-refractivity contribution in [3.8, 4) is 0 Å². The number of carbonyl (C=O) groups is 1. The number of fused-ring (bicyclic) bond motifs is 2. The lowest BCUT2D eigenvalue weighted by Gasteiger charge is -2.30. The number of nitrogens with one attached hydrogen (secondary N) is 2. The number of nitrogens with zero attached hydrogens (tertiary/aromatic N) is 1. The molecule has 1 aliphatic carbocycles. The standard InChI is InChI=1S/C25H29N3O3/c1-17-14-18(6-9-24(30)27-31)15-19-7-8-23(25(17)19)28(12-13-29)11-10-20-16-26-22-5-3-2-4-21(20)22/h2-6,9,14-16,23,26,29,31H,7-8,10-13H2,1H3,(H,27,30)/b9-6+. The highest BCUT2D eigenvalue weighted by Gasteiger charge is 2.29. The molecule has 2 aromatic carbocycles. The van der Waals surface area contributed by atoms with E-state index in [2.05, 4.69) is 53.3 Å². The average Bonchev–Trinajstić information content (AvgIpc) is 3.39. The number of rotatable bonds is 8. The highest BCUT2D eigenvalue weighted by atomic mass is 16.5. The van der Waals surface area contributed by atoms with Crippen molar-refractivity contribution in [1.29, 1.82) is 0 Å². The van der Waals surface area contributed by atoms with Crippen molar-refractivity contribution in [2.45, 2.75) is 32.2 Å². The summed E-state index contributed by atoms with van der Waals surface area (Å²) in [5.74, 6) is -0.539. The molecule has 31 heavy (non-hydrogen) atoms. The third kappa shape index (κ3) is 4.56. The van der Waals surface area contributed by atoms with Gasteiger partial charge in [-0.3, -0.25) is 14.9 Å². The van der Waals surface area contributed by atoms with Crippen LogP contribution in [0.4, 0.5) is 0 Å². The largest absolute Gasteiger partial charge is 0.395 e. The smallest absolute Gasteiger partial charge is 0.267 e. The molecule has 4 N–H and O–H groups in total. The number of aliphatic hydroxyl groups excluding tert-OH is 1. The topological polar surface area (TPSA) is 88.6 Å². The normalized spacial score (nSPS) is 15.8. The first-order valence-corrected chi connectivity index (χ1v) is 10.8. The molecule has 1 heterocycles. The van der Waals surface area contributed by atoms with Crippen LogP contribution in [-0.2, 0) is 17.6 Å². The Hall–Kier alpha value is -2.93. The number of para-hydroxylation sites is 1. The van der Waals surface area contributed by atoms with Crippen molar-refractivity contribution in [2.75, 3.05) is 19.7 Å². The first-order valence-electron chi connectivity index (χ1n) is 10.8. The van der Waals surface area contributed by atoms with Crippen molar-refractivity contribution in [3.05, 3.63) is 76.5 Å². The summed E-state index contributed by atoms with van der Waals surface area (Å²) < 4.78 is 0. The Morgan fingerprint density at radius 1 is 1.29 bits per heavy atom. The number of aromatic nitrogens is 1. The Labute approximate surface area is 182 Å². The second kappa shape index (κ2) is 9.47. The molecule has 0 fully saturated rings. The number of hydrogen-bond acceptors (Lipinski definition) is 4. The Balaban J connectivity index is 1.54. The SMILES string of the molecule is Cc1cc(/C=C/C(=O)NO)cc2c1C(N(CCO)CCc1c[nH]c3ccccc13)CC2. The molecule has 1 aliphatic rings. The summed E-state index contributed by atoms with van der Waals surface area (Å²) >= 11 is 0. The van der Waals surface area contributed by atoms with Crippen LogP contribution in [0.25, 0.3) is 17.0 Å². The molecule has 0 spiro atoms. The molecular formula is C25H29N3O3. The van der Waals surface area contributed by atoms with Crippen LogP contribution >= 0.6 is 0 Å². The number of amides is 1. The molecule has 0 saturated carbocycles. The Kier molecular flexibility index (Phi) is 6.51. The van der Waals surface area contributed by atoms with Crippen LogP contribution < -0.4 is 5.48 Å². The van der Waals surface area contributed by atoms with E-state index < -0.39 is 5.91 Å². The number of H-pyrrole nitrogens is 1. The van der Waals surface area contributed by atoms with Gasteiger partial charge in [0.2, 0.25) is 0 Å². The number of aryl methyl sites for hydroxylation is 2. The first kappa shape index (κ1) is 21.3. The third-order valence-electron chi connectivity index (χ3n) is 6.22. The molecule has 1 aromatic heterocycles. The van der Waals surface area contributed by atoms with Crippen molar-refractivity contribution in [2.24, 2.45) is 0 Å². The van der Waals surface area contributed by atoms with E-state index in [-0.39, 0.29) is 12.6 Å². The Bertz CT molecular complexity index is 1100. The fraction of sp³-hybridized carbons (Fsp3) is 0.320. The van der Waals surface area contributed by atoms with E-state index >= 15 is 0 Å². The number of hydroxylamine groups is 1. The van der Waals surface area contributed by atoms with E-state index in [9.17, 15) is 9.90 Å². The summed E-state index contributed by atoms with van der Waals surface area (Å²) in [6, 6.07) is 12.8. The lowest BCUT2D eigenvalue weighted by molar-refractivity contribution is -0.124. The second-order valence-corrected chi connectivity index (χ2v) is 8.14. The number of aliphatic hydroxyl groups is 1. The van der Waals surface area contributed by atoms with Gasteiger partial charge >= 0.3 is 0 Å². The molecule has 1 atom stereocenters.